The van der Waals surface area contributed by atoms with Gasteiger partial charge in [0.2, 0.25) is 5.91 Å². The van der Waals surface area contributed by atoms with Gasteiger partial charge in [0.25, 0.3) is 0 Å². The van der Waals surface area contributed by atoms with E-state index in [1.807, 2.05) is 37.0 Å². The number of likely N-dealkylation sites (N-methyl/N-ethyl adjacent to an activating group) is 1. The maximum atomic E-state index is 11.9. The molecule has 0 atom stereocenters. The molecule has 1 aromatic carbocycles. The van der Waals surface area contributed by atoms with Crippen molar-refractivity contribution < 1.29 is 4.79 Å². The lowest BCUT2D eigenvalue weighted by molar-refractivity contribution is -0.129. The van der Waals surface area contributed by atoms with Crippen LogP contribution in [0.15, 0.2) is 30.6 Å². The zero-order chi connectivity index (χ0) is 17.7. The SMILES string of the molecule is CC(=O)N(CCN(C)C)Cc1nccn1Cc1ccc(Cl)cc1Cl. The molecule has 24 heavy (non-hydrogen) atoms. The number of hydrogen-bond donors (Lipinski definition) is 0. The van der Waals surface area contributed by atoms with Gasteiger partial charge in [-0.3, -0.25) is 4.79 Å². The largest absolute Gasteiger partial charge is 0.334 e. The van der Waals surface area contributed by atoms with E-state index < -0.39 is 0 Å². The maximum absolute atomic E-state index is 11.9. The van der Waals surface area contributed by atoms with Crippen LogP contribution in [-0.2, 0) is 17.9 Å². The number of aromatic nitrogens is 2. The molecule has 2 rings (SSSR count). The zero-order valence-corrected chi connectivity index (χ0v) is 15.7. The van der Waals surface area contributed by atoms with E-state index in [4.69, 9.17) is 23.2 Å². The molecule has 0 fully saturated rings. The first-order chi connectivity index (χ1) is 11.4. The molecule has 0 unspecified atom stereocenters. The Bertz CT molecular complexity index is 700. The lowest BCUT2D eigenvalue weighted by atomic mass is 10.2. The van der Waals surface area contributed by atoms with E-state index >= 15 is 0 Å². The summed E-state index contributed by atoms with van der Waals surface area (Å²) >= 11 is 12.2. The smallest absolute Gasteiger partial charge is 0.219 e. The van der Waals surface area contributed by atoms with Gasteiger partial charge in [0.05, 0.1) is 13.1 Å². The molecule has 7 heteroatoms. The Morgan fingerprint density at radius 1 is 1.25 bits per heavy atom. The lowest BCUT2D eigenvalue weighted by Gasteiger charge is -2.23. The third-order valence-electron chi connectivity index (χ3n) is 3.75. The van der Waals surface area contributed by atoms with Gasteiger partial charge in [-0.1, -0.05) is 29.3 Å². The van der Waals surface area contributed by atoms with Crippen LogP contribution in [0.5, 0.6) is 0 Å². The van der Waals surface area contributed by atoms with E-state index in [0.29, 0.717) is 29.7 Å². The van der Waals surface area contributed by atoms with Crippen LogP contribution >= 0.6 is 23.2 Å². The van der Waals surface area contributed by atoms with E-state index in [1.54, 1.807) is 24.1 Å². The van der Waals surface area contributed by atoms with Crippen molar-refractivity contribution in [1.82, 2.24) is 19.4 Å². The van der Waals surface area contributed by atoms with Crippen LogP contribution in [0.4, 0.5) is 0 Å². The Morgan fingerprint density at radius 2 is 2.00 bits per heavy atom. The summed E-state index contributed by atoms with van der Waals surface area (Å²) < 4.78 is 2.00. The first-order valence-electron chi connectivity index (χ1n) is 7.71. The standard InChI is InChI=1S/C17H22Cl2N4O/c1-13(24)22(9-8-21(2)3)12-17-20-6-7-23(17)11-14-4-5-15(18)10-16(14)19/h4-7,10H,8-9,11-12H2,1-3H3. The summed E-state index contributed by atoms with van der Waals surface area (Å²) in [6.45, 7) is 4.12. The zero-order valence-electron chi connectivity index (χ0n) is 14.2. The molecule has 130 valence electrons. The number of carbonyl (C=O) groups excluding carboxylic acids is 1. The van der Waals surface area contributed by atoms with E-state index in [2.05, 4.69) is 9.88 Å². The fourth-order valence-corrected chi connectivity index (χ4v) is 2.78. The van der Waals surface area contributed by atoms with Gasteiger partial charge in [-0.05, 0) is 31.8 Å². The molecule has 1 amide bonds. The number of carbonyl (C=O) groups is 1. The highest BCUT2D eigenvalue weighted by atomic mass is 35.5. The second-order valence-corrected chi connectivity index (χ2v) is 6.79. The summed E-state index contributed by atoms with van der Waals surface area (Å²) in [6.07, 6.45) is 3.63. The molecule has 0 saturated carbocycles. The molecule has 0 spiro atoms. The first kappa shape index (κ1) is 18.8. The third kappa shape index (κ3) is 5.23. The predicted molar refractivity (Wildman–Crippen MR) is 97.4 cm³/mol. The summed E-state index contributed by atoms with van der Waals surface area (Å²) in [4.78, 5) is 20.1. The van der Waals surface area contributed by atoms with Crippen LogP contribution in [0.2, 0.25) is 10.0 Å². The topological polar surface area (TPSA) is 41.4 Å². The van der Waals surface area contributed by atoms with Crippen molar-refractivity contribution in [2.45, 2.75) is 20.0 Å². The number of hydrogen-bond acceptors (Lipinski definition) is 3. The molecule has 0 N–H and O–H groups in total. The Balaban J connectivity index is 2.12. The summed E-state index contributed by atoms with van der Waals surface area (Å²) in [5.41, 5.74) is 0.961. The minimum atomic E-state index is 0.0379. The van der Waals surface area contributed by atoms with Crippen LogP contribution in [0.1, 0.15) is 18.3 Å². The van der Waals surface area contributed by atoms with Gasteiger partial charge in [0.15, 0.2) is 0 Å². The highest BCUT2D eigenvalue weighted by Crippen LogP contribution is 2.22. The Hall–Kier alpha value is -1.56. The fourth-order valence-electron chi connectivity index (χ4n) is 2.31. The molecule has 0 saturated heterocycles. The number of imidazole rings is 1. The van der Waals surface area contributed by atoms with Crippen LogP contribution in [0.3, 0.4) is 0 Å². The second kappa shape index (κ2) is 8.51. The number of rotatable bonds is 7. The average molecular weight is 369 g/mol. The van der Waals surface area contributed by atoms with E-state index in [0.717, 1.165) is 17.9 Å². The van der Waals surface area contributed by atoms with Crippen molar-refractivity contribution in [1.29, 1.82) is 0 Å². The highest BCUT2D eigenvalue weighted by molar-refractivity contribution is 6.35. The molecule has 1 heterocycles. The van der Waals surface area contributed by atoms with Crippen LogP contribution in [0.25, 0.3) is 0 Å². The van der Waals surface area contributed by atoms with Gasteiger partial charge >= 0.3 is 0 Å². The Morgan fingerprint density at radius 3 is 2.62 bits per heavy atom. The normalized spacial score (nSPS) is 11.1. The van der Waals surface area contributed by atoms with Gasteiger partial charge in [-0.15, -0.1) is 0 Å². The Kier molecular flexibility index (Phi) is 6.66. The van der Waals surface area contributed by atoms with Crippen LogP contribution < -0.4 is 0 Å². The highest BCUT2D eigenvalue weighted by Gasteiger charge is 2.14. The third-order valence-corrected chi connectivity index (χ3v) is 4.34. The fraction of sp³-hybridized carbons (Fsp3) is 0.412. The van der Waals surface area contributed by atoms with Crippen molar-refractivity contribution in [3.63, 3.8) is 0 Å². The summed E-state index contributed by atoms with van der Waals surface area (Å²) in [5, 5.41) is 1.24. The number of halogens is 2. The van der Waals surface area contributed by atoms with Gasteiger partial charge in [0, 0.05) is 42.5 Å². The van der Waals surface area contributed by atoms with E-state index in [-0.39, 0.29) is 5.91 Å². The Labute approximate surface area is 152 Å². The van der Waals surface area contributed by atoms with E-state index in [1.165, 1.54) is 0 Å². The van der Waals surface area contributed by atoms with Crippen molar-refractivity contribution >= 4 is 29.1 Å². The maximum Gasteiger partial charge on any atom is 0.219 e. The van der Waals surface area contributed by atoms with E-state index in [9.17, 15) is 4.79 Å². The molecule has 1 aromatic heterocycles. The predicted octanol–water partition coefficient (Wildman–Crippen LogP) is 3.15. The van der Waals surface area contributed by atoms with Crippen molar-refractivity contribution in [3.8, 4) is 0 Å². The lowest BCUT2D eigenvalue weighted by Crippen LogP contribution is -2.35. The molecule has 2 aromatic rings. The molecular formula is C17H22Cl2N4O. The monoisotopic (exact) mass is 368 g/mol. The van der Waals surface area contributed by atoms with Crippen LogP contribution in [0, 0.1) is 0 Å². The second-order valence-electron chi connectivity index (χ2n) is 5.95. The summed E-state index contributed by atoms with van der Waals surface area (Å²) in [7, 11) is 3.98. The van der Waals surface area contributed by atoms with Crippen LogP contribution in [-0.4, -0.2) is 52.4 Å². The number of benzene rings is 1. The van der Waals surface area contributed by atoms with Crippen molar-refractivity contribution in [3.05, 3.63) is 52.0 Å². The summed E-state index contributed by atoms with van der Waals surface area (Å²) in [6, 6.07) is 5.45. The van der Waals surface area contributed by atoms with Gasteiger partial charge in [-0.25, -0.2) is 4.98 Å². The molecule has 0 aliphatic heterocycles. The molecule has 5 nitrogen and oxygen atoms in total. The molecular weight excluding hydrogens is 347 g/mol. The van der Waals surface area contributed by atoms with Gasteiger partial charge in [-0.2, -0.15) is 0 Å². The minimum Gasteiger partial charge on any atom is -0.334 e. The van der Waals surface area contributed by atoms with Crippen molar-refractivity contribution in [2.24, 2.45) is 0 Å². The number of amides is 1. The number of nitrogens with zero attached hydrogens (tertiary/aromatic N) is 4. The molecule has 0 aliphatic rings. The van der Waals surface area contributed by atoms with Crippen molar-refractivity contribution in [2.75, 3.05) is 27.2 Å². The van der Waals surface area contributed by atoms with Gasteiger partial charge < -0.3 is 14.4 Å². The first-order valence-corrected chi connectivity index (χ1v) is 8.46. The molecule has 0 bridgehead atoms. The molecule has 0 aliphatic carbocycles. The summed E-state index contributed by atoms with van der Waals surface area (Å²) in [5.74, 6) is 0.867. The van der Waals surface area contributed by atoms with Gasteiger partial charge in [0.1, 0.15) is 5.82 Å². The minimum absolute atomic E-state index is 0.0379. The average Bonchev–Trinajstić information content (AvgIpc) is 2.93. The quantitative estimate of drug-likeness (QED) is 0.753. The molecule has 0 radical (unpaired) electrons.